The molecule has 0 aliphatic rings. The van der Waals surface area contributed by atoms with Gasteiger partial charge in [-0.05, 0) is 76.1 Å². The number of hydrogen-bond donors (Lipinski definition) is 0. The van der Waals surface area contributed by atoms with E-state index in [1.807, 2.05) is 0 Å². The summed E-state index contributed by atoms with van der Waals surface area (Å²) in [5, 5.41) is 13.7. The van der Waals surface area contributed by atoms with Crippen molar-refractivity contribution in [3.05, 3.63) is 182 Å². The zero-order chi connectivity index (χ0) is 38.3. The normalized spacial score (nSPS) is 12.4. The summed E-state index contributed by atoms with van der Waals surface area (Å²) in [6.07, 6.45) is 0. The summed E-state index contributed by atoms with van der Waals surface area (Å²) in [4.78, 5) is 10.6. The molecule has 4 nitrogen and oxygen atoms in total. The van der Waals surface area contributed by atoms with Crippen molar-refractivity contribution in [2.24, 2.45) is 0 Å². The second kappa shape index (κ2) is 11.5. The van der Waals surface area contributed by atoms with E-state index >= 15 is 0 Å². The standard InChI is InChI=1S/C54H30N4S/c1-2-12-33-27-36(22-21-31(33)11-1)54-55-50(53-51(56-54)40-17-7-10-20-47(40)59-53)32-23-25-37(26-24-32)57-45-29-35-14-4-3-13-34(35)28-42(45)48-46(57)30-41-38-15-5-8-18-43(38)58-44-19-9-6-16-39(44)49(48)52(41)58/h1-30H. The Hall–Kier alpha value is -7.60. The molecule has 0 amide bonds. The first-order valence-electron chi connectivity index (χ1n) is 20.1. The lowest BCUT2D eigenvalue weighted by molar-refractivity contribution is 1.18. The maximum absolute atomic E-state index is 5.37. The summed E-state index contributed by atoms with van der Waals surface area (Å²) in [5.41, 5.74) is 11.3. The molecule has 0 aliphatic carbocycles. The van der Waals surface area contributed by atoms with E-state index in [4.69, 9.17) is 9.97 Å². The first-order valence-corrected chi connectivity index (χ1v) is 20.9. The minimum absolute atomic E-state index is 0.738. The number of thiophene rings is 1. The average Bonchev–Trinajstić information content (AvgIpc) is 4.03. The molecule has 14 rings (SSSR count). The molecule has 0 saturated heterocycles. The fourth-order valence-electron chi connectivity index (χ4n) is 9.99. The van der Waals surface area contributed by atoms with E-state index in [9.17, 15) is 0 Å². The molecule has 272 valence electrons. The zero-order valence-corrected chi connectivity index (χ0v) is 32.3. The van der Waals surface area contributed by atoms with Crippen LogP contribution in [0.15, 0.2) is 182 Å². The van der Waals surface area contributed by atoms with Crippen LogP contribution in [0.25, 0.3) is 130 Å². The number of hydrogen-bond acceptors (Lipinski definition) is 3. The van der Waals surface area contributed by atoms with Gasteiger partial charge in [0.25, 0.3) is 0 Å². The van der Waals surface area contributed by atoms with E-state index in [-0.39, 0.29) is 0 Å². The Morgan fingerprint density at radius 3 is 1.86 bits per heavy atom. The predicted molar refractivity (Wildman–Crippen MR) is 250 cm³/mol. The monoisotopic (exact) mass is 766 g/mol. The molecule has 59 heavy (non-hydrogen) atoms. The number of benzene rings is 9. The summed E-state index contributed by atoms with van der Waals surface area (Å²) in [7, 11) is 0. The van der Waals surface area contributed by atoms with Gasteiger partial charge in [-0.15, -0.1) is 11.3 Å². The third-order valence-electron chi connectivity index (χ3n) is 12.6. The average molecular weight is 767 g/mol. The van der Waals surface area contributed by atoms with Crippen LogP contribution in [0.2, 0.25) is 0 Å². The molecule has 0 saturated carbocycles. The molecule has 5 heterocycles. The third-order valence-corrected chi connectivity index (χ3v) is 13.8. The lowest BCUT2D eigenvalue weighted by atomic mass is 10.0. The minimum atomic E-state index is 0.738. The Morgan fingerprint density at radius 1 is 0.407 bits per heavy atom. The summed E-state index contributed by atoms with van der Waals surface area (Å²) in [6, 6.07) is 66.4. The Morgan fingerprint density at radius 2 is 1.05 bits per heavy atom. The van der Waals surface area contributed by atoms with Gasteiger partial charge >= 0.3 is 0 Å². The first kappa shape index (κ1) is 31.5. The fourth-order valence-corrected chi connectivity index (χ4v) is 11.1. The van der Waals surface area contributed by atoms with E-state index < -0.39 is 0 Å². The SMILES string of the molecule is c1ccc2cc(-c3nc(-c4ccc(-n5c6cc7ccccc7cc6c6c7c8ccccc8n8c9ccccc9c(cc65)c78)cc4)c4sc5ccccc5c4n3)ccc2c1. The Labute approximate surface area is 340 Å². The molecule has 14 aromatic rings. The third kappa shape index (κ3) is 4.26. The van der Waals surface area contributed by atoms with E-state index in [1.165, 1.54) is 86.1 Å². The van der Waals surface area contributed by atoms with Crippen molar-refractivity contribution in [2.75, 3.05) is 0 Å². The Balaban J connectivity index is 1.05. The minimum Gasteiger partial charge on any atom is -0.309 e. The van der Waals surface area contributed by atoms with Crippen LogP contribution in [-0.2, 0) is 0 Å². The molecule has 0 radical (unpaired) electrons. The van der Waals surface area contributed by atoms with Gasteiger partial charge in [0.15, 0.2) is 5.82 Å². The van der Waals surface area contributed by atoms with Crippen molar-refractivity contribution in [3.63, 3.8) is 0 Å². The number of nitrogens with zero attached hydrogens (tertiary/aromatic N) is 4. The number of rotatable bonds is 3. The highest BCUT2D eigenvalue weighted by Crippen LogP contribution is 2.47. The van der Waals surface area contributed by atoms with Crippen molar-refractivity contribution >= 4 is 113 Å². The van der Waals surface area contributed by atoms with Gasteiger partial charge in [-0.1, -0.05) is 127 Å². The molecule has 0 atom stereocenters. The van der Waals surface area contributed by atoms with Crippen LogP contribution >= 0.6 is 11.3 Å². The van der Waals surface area contributed by atoms with Gasteiger partial charge < -0.3 is 8.97 Å². The number of para-hydroxylation sites is 2. The molecule has 0 bridgehead atoms. The van der Waals surface area contributed by atoms with Crippen LogP contribution in [0.4, 0.5) is 0 Å². The lowest BCUT2D eigenvalue weighted by Gasteiger charge is -2.11. The van der Waals surface area contributed by atoms with Crippen molar-refractivity contribution in [1.82, 2.24) is 18.9 Å². The van der Waals surface area contributed by atoms with Crippen LogP contribution in [0.3, 0.4) is 0 Å². The maximum atomic E-state index is 5.37. The van der Waals surface area contributed by atoms with E-state index in [1.54, 1.807) is 11.3 Å². The Kier molecular flexibility index (Phi) is 6.14. The highest BCUT2D eigenvalue weighted by atomic mass is 32.1. The van der Waals surface area contributed by atoms with Crippen molar-refractivity contribution < 1.29 is 0 Å². The van der Waals surface area contributed by atoms with Crippen molar-refractivity contribution in [2.45, 2.75) is 0 Å². The van der Waals surface area contributed by atoms with Gasteiger partial charge in [0, 0.05) is 59.2 Å². The lowest BCUT2D eigenvalue weighted by Crippen LogP contribution is -1.96. The van der Waals surface area contributed by atoms with Crippen LogP contribution < -0.4 is 0 Å². The second-order valence-corrected chi connectivity index (χ2v) is 16.8. The molecule has 0 unspecified atom stereocenters. The second-order valence-electron chi connectivity index (χ2n) is 15.7. The molecule has 0 aliphatic heterocycles. The summed E-state index contributed by atoms with van der Waals surface area (Å²) < 4.78 is 7.29. The highest BCUT2D eigenvalue weighted by Gasteiger charge is 2.25. The number of aromatic nitrogens is 4. The van der Waals surface area contributed by atoms with E-state index in [0.29, 0.717) is 0 Å². The van der Waals surface area contributed by atoms with Crippen LogP contribution in [-0.4, -0.2) is 18.9 Å². The molecule has 0 fully saturated rings. The van der Waals surface area contributed by atoms with Gasteiger partial charge in [-0.3, -0.25) is 0 Å². The smallest absolute Gasteiger partial charge is 0.160 e. The Bertz CT molecular complexity index is 4070. The molecular weight excluding hydrogens is 737 g/mol. The molecular formula is C54H30N4S. The topological polar surface area (TPSA) is 35.1 Å². The number of fused-ring (bicyclic) bond motifs is 15. The largest absolute Gasteiger partial charge is 0.309 e. The molecule has 5 aromatic heterocycles. The van der Waals surface area contributed by atoms with Crippen LogP contribution in [0, 0.1) is 0 Å². The van der Waals surface area contributed by atoms with E-state index in [2.05, 4.69) is 191 Å². The summed E-state index contributed by atoms with van der Waals surface area (Å²) in [6.45, 7) is 0. The van der Waals surface area contributed by atoms with Crippen LogP contribution in [0.1, 0.15) is 0 Å². The molecule has 9 aromatic carbocycles. The quantitative estimate of drug-likeness (QED) is 0.179. The predicted octanol–water partition coefficient (Wildman–Crippen LogP) is 14.7. The summed E-state index contributed by atoms with van der Waals surface area (Å²) in [5.74, 6) is 0.738. The van der Waals surface area contributed by atoms with Crippen molar-refractivity contribution in [3.8, 4) is 28.3 Å². The van der Waals surface area contributed by atoms with Gasteiger partial charge in [0.05, 0.1) is 43.5 Å². The van der Waals surface area contributed by atoms with Gasteiger partial charge in [0.2, 0.25) is 0 Å². The van der Waals surface area contributed by atoms with Crippen molar-refractivity contribution in [1.29, 1.82) is 0 Å². The maximum Gasteiger partial charge on any atom is 0.160 e. The molecule has 0 spiro atoms. The summed E-state index contributed by atoms with van der Waals surface area (Å²) >= 11 is 1.77. The van der Waals surface area contributed by atoms with Gasteiger partial charge in [-0.25, -0.2) is 9.97 Å². The van der Waals surface area contributed by atoms with Gasteiger partial charge in [0.1, 0.15) is 0 Å². The highest BCUT2D eigenvalue weighted by molar-refractivity contribution is 7.26. The zero-order valence-electron chi connectivity index (χ0n) is 31.5. The first-order chi connectivity index (χ1) is 29.2. The molecule has 5 heteroatoms. The molecule has 0 N–H and O–H groups in total. The van der Waals surface area contributed by atoms with Gasteiger partial charge in [-0.2, -0.15) is 0 Å². The fraction of sp³-hybridized carbons (Fsp3) is 0. The van der Waals surface area contributed by atoms with E-state index in [0.717, 1.165) is 43.9 Å². The van der Waals surface area contributed by atoms with Crippen LogP contribution in [0.5, 0.6) is 0 Å².